The van der Waals surface area contributed by atoms with Crippen molar-refractivity contribution in [3.05, 3.63) is 163 Å². The lowest BCUT2D eigenvalue weighted by molar-refractivity contribution is 0.630. The fourth-order valence-corrected chi connectivity index (χ4v) is 11.5. The molecule has 4 aromatic heterocycles. The summed E-state index contributed by atoms with van der Waals surface area (Å²) < 4.78 is 6.38. The summed E-state index contributed by atoms with van der Waals surface area (Å²) >= 11 is 3.71. The van der Waals surface area contributed by atoms with Crippen molar-refractivity contribution < 1.29 is 0 Å². The van der Waals surface area contributed by atoms with Crippen molar-refractivity contribution in [2.75, 3.05) is 0 Å². The minimum Gasteiger partial charge on any atom is -0.300 e. The average Bonchev–Trinajstić information content (AvgIpc) is 3.89. The van der Waals surface area contributed by atoms with Crippen LogP contribution in [0.2, 0.25) is 0 Å². The molecule has 0 radical (unpaired) electrons. The standard InChI is InChI=1S/C49H31N3S2/c1-49(2)37-25-24-29(27-40(37)52-45-35(18-11-20-38(45)49)43-34-16-5-8-23-42(34)54-48(43)52)28-12-9-13-30(26-28)44-33-15-3-6-21-39(33)50-47(51-44)36-19-10-17-32-31-14-4-7-22-41(31)53-46(32)36/h3-27H,1-2H3. The minimum atomic E-state index is -0.144. The molecule has 0 saturated carbocycles. The van der Waals surface area contributed by atoms with Gasteiger partial charge in [-0.05, 0) is 58.7 Å². The molecule has 11 aromatic rings. The zero-order chi connectivity index (χ0) is 35.7. The molecule has 0 unspecified atom stereocenters. The summed E-state index contributed by atoms with van der Waals surface area (Å²) in [6.07, 6.45) is 0. The van der Waals surface area contributed by atoms with Gasteiger partial charge in [0.25, 0.3) is 0 Å². The molecule has 0 spiro atoms. The lowest BCUT2D eigenvalue weighted by Gasteiger charge is -2.35. The predicted octanol–water partition coefficient (Wildman–Crippen LogP) is 13.9. The monoisotopic (exact) mass is 725 g/mol. The maximum Gasteiger partial charge on any atom is 0.161 e. The molecule has 5 heterocycles. The molecule has 54 heavy (non-hydrogen) atoms. The zero-order valence-electron chi connectivity index (χ0n) is 29.6. The average molecular weight is 726 g/mol. The van der Waals surface area contributed by atoms with E-state index in [0.717, 1.165) is 33.5 Å². The minimum absolute atomic E-state index is 0.144. The highest BCUT2D eigenvalue weighted by molar-refractivity contribution is 7.26. The molecule has 0 amide bonds. The fourth-order valence-electron chi connectivity index (χ4n) is 9.03. The Hall–Kier alpha value is -6.14. The van der Waals surface area contributed by atoms with Crippen LogP contribution in [0.1, 0.15) is 25.0 Å². The van der Waals surface area contributed by atoms with Crippen LogP contribution >= 0.6 is 22.7 Å². The highest BCUT2D eigenvalue weighted by Gasteiger charge is 2.36. The molecule has 5 heteroatoms. The van der Waals surface area contributed by atoms with E-state index >= 15 is 0 Å². The largest absolute Gasteiger partial charge is 0.300 e. The van der Waals surface area contributed by atoms with E-state index in [9.17, 15) is 0 Å². The van der Waals surface area contributed by atoms with Crippen LogP contribution in [0.15, 0.2) is 152 Å². The van der Waals surface area contributed by atoms with Gasteiger partial charge in [0.2, 0.25) is 0 Å². The molecule has 12 rings (SSSR count). The molecule has 0 atom stereocenters. The van der Waals surface area contributed by atoms with Gasteiger partial charge >= 0.3 is 0 Å². The zero-order valence-corrected chi connectivity index (χ0v) is 31.2. The van der Waals surface area contributed by atoms with Crippen molar-refractivity contribution in [1.82, 2.24) is 14.5 Å². The maximum absolute atomic E-state index is 5.38. The number of thiophene rings is 2. The lowest BCUT2D eigenvalue weighted by Crippen LogP contribution is -2.26. The van der Waals surface area contributed by atoms with Crippen LogP contribution in [0, 0.1) is 0 Å². The molecule has 0 bridgehead atoms. The molecule has 3 nitrogen and oxygen atoms in total. The van der Waals surface area contributed by atoms with E-state index in [4.69, 9.17) is 9.97 Å². The van der Waals surface area contributed by atoms with Crippen LogP contribution in [0.25, 0.3) is 102 Å². The third-order valence-electron chi connectivity index (χ3n) is 11.6. The SMILES string of the molecule is CC1(C)c2ccc(-c3cccc(-c4nc(-c5cccc6c5sc5ccccc56)nc5ccccc45)c3)cc2-n2c3sc4ccccc4c3c3cccc1c32. The second kappa shape index (κ2) is 11.0. The van der Waals surface area contributed by atoms with Gasteiger partial charge in [-0.15, -0.1) is 22.7 Å². The van der Waals surface area contributed by atoms with E-state index in [1.807, 2.05) is 22.7 Å². The van der Waals surface area contributed by atoms with Crippen LogP contribution in [0.3, 0.4) is 0 Å². The number of para-hydroxylation sites is 2. The van der Waals surface area contributed by atoms with Crippen LogP contribution in [0.4, 0.5) is 0 Å². The van der Waals surface area contributed by atoms with Crippen molar-refractivity contribution in [1.29, 1.82) is 0 Å². The number of hydrogen-bond donors (Lipinski definition) is 0. The van der Waals surface area contributed by atoms with Gasteiger partial charge in [0, 0.05) is 63.0 Å². The van der Waals surface area contributed by atoms with Gasteiger partial charge in [0.05, 0.1) is 22.4 Å². The topological polar surface area (TPSA) is 30.7 Å². The molecule has 0 saturated heterocycles. The molecule has 1 aliphatic heterocycles. The Labute approximate surface area is 319 Å². The molecular weight excluding hydrogens is 695 g/mol. The van der Waals surface area contributed by atoms with Crippen LogP contribution in [0.5, 0.6) is 0 Å². The van der Waals surface area contributed by atoms with E-state index < -0.39 is 0 Å². The first-order valence-electron chi connectivity index (χ1n) is 18.4. The summed E-state index contributed by atoms with van der Waals surface area (Å²) in [6, 6.07) is 55.3. The van der Waals surface area contributed by atoms with Crippen LogP contribution in [-0.2, 0) is 5.41 Å². The number of aromatic nitrogens is 3. The molecule has 0 fully saturated rings. The molecule has 254 valence electrons. The van der Waals surface area contributed by atoms with E-state index in [2.05, 4.69) is 170 Å². The summed E-state index contributed by atoms with van der Waals surface area (Å²) in [5.74, 6) is 0.755. The first-order valence-corrected chi connectivity index (χ1v) is 20.0. The second-order valence-corrected chi connectivity index (χ2v) is 17.0. The van der Waals surface area contributed by atoms with Crippen LogP contribution < -0.4 is 0 Å². The number of nitrogens with zero attached hydrogens (tertiary/aromatic N) is 3. The number of fused-ring (bicyclic) bond motifs is 11. The summed E-state index contributed by atoms with van der Waals surface area (Å²) in [7, 11) is 0. The van der Waals surface area contributed by atoms with Gasteiger partial charge in [-0.25, -0.2) is 9.97 Å². The Morgan fingerprint density at radius 2 is 1.20 bits per heavy atom. The van der Waals surface area contributed by atoms with Crippen molar-refractivity contribution in [3.63, 3.8) is 0 Å². The third kappa shape index (κ3) is 4.11. The second-order valence-electron chi connectivity index (χ2n) is 14.9. The van der Waals surface area contributed by atoms with Crippen molar-refractivity contribution in [2.24, 2.45) is 0 Å². The Morgan fingerprint density at radius 1 is 0.519 bits per heavy atom. The van der Waals surface area contributed by atoms with Gasteiger partial charge in [-0.3, -0.25) is 0 Å². The van der Waals surface area contributed by atoms with Crippen molar-refractivity contribution >= 4 is 85.0 Å². The van der Waals surface area contributed by atoms with Crippen molar-refractivity contribution in [3.8, 4) is 39.5 Å². The summed E-state index contributed by atoms with van der Waals surface area (Å²) in [5.41, 5.74) is 11.6. The van der Waals surface area contributed by atoms with E-state index in [1.54, 1.807) is 0 Å². The molecular formula is C49H31N3S2. The Balaban J connectivity index is 1.05. The normalized spacial score (nSPS) is 13.5. The lowest BCUT2D eigenvalue weighted by atomic mass is 9.74. The van der Waals surface area contributed by atoms with E-state index in [0.29, 0.717) is 0 Å². The number of benzene rings is 7. The van der Waals surface area contributed by atoms with Crippen LogP contribution in [-0.4, -0.2) is 14.5 Å². The molecule has 7 aromatic carbocycles. The first kappa shape index (κ1) is 30.3. The van der Waals surface area contributed by atoms with Gasteiger partial charge in [0.15, 0.2) is 5.82 Å². The quantitative estimate of drug-likeness (QED) is 0.182. The van der Waals surface area contributed by atoms with E-state index in [-0.39, 0.29) is 5.41 Å². The number of hydrogen-bond acceptors (Lipinski definition) is 4. The number of rotatable bonds is 3. The fraction of sp³-hybridized carbons (Fsp3) is 0.0612. The smallest absolute Gasteiger partial charge is 0.161 e. The van der Waals surface area contributed by atoms with Gasteiger partial charge in [0.1, 0.15) is 4.83 Å². The highest BCUT2D eigenvalue weighted by Crippen LogP contribution is 2.51. The first-order chi connectivity index (χ1) is 26.5. The highest BCUT2D eigenvalue weighted by atomic mass is 32.1. The maximum atomic E-state index is 5.38. The summed E-state index contributed by atoms with van der Waals surface area (Å²) in [6.45, 7) is 4.75. The Morgan fingerprint density at radius 3 is 2.09 bits per heavy atom. The summed E-state index contributed by atoms with van der Waals surface area (Å²) in [5, 5.41) is 7.61. The van der Waals surface area contributed by atoms with Gasteiger partial charge < -0.3 is 4.57 Å². The molecule has 0 aliphatic carbocycles. The van der Waals surface area contributed by atoms with E-state index in [1.165, 1.54) is 79.3 Å². The van der Waals surface area contributed by atoms with Crippen molar-refractivity contribution in [2.45, 2.75) is 19.3 Å². The Bertz CT molecular complexity index is 3380. The predicted molar refractivity (Wildman–Crippen MR) is 231 cm³/mol. The summed E-state index contributed by atoms with van der Waals surface area (Å²) in [4.78, 5) is 11.9. The van der Waals surface area contributed by atoms with Gasteiger partial charge in [-0.2, -0.15) is 0 Å². The molecule has 0 N–H and O–H groups in total. The Kier molecular flexibility index (Phi) is 6.15. The third-order valence-corrected chi connectivity index (χ3v) is 14.0. The molecule has 1 aliphatic rings. The van der Waals surface area contributed by atoms with Gasteiger partial charge in [-0.1, -0.05) is 129 Å².